The Kier molecular flexibility index (Phi) is 19.5. The quantitative estimate of drug-likeness (QED) is 0.0471. The first kappa shape index (κ1) is 67.1. The lowest BCUT2D eigenvalue weighted by molar-refractivity contribution is -0.391. The first-order valence-electron chi connectivity index (χ1n) is 31.1. The fraction of sp³-hybridized carbons (Fsp3) is 0.950. The molecule has 0 bridgehead atoms. The van der Waals surface area contributed by atoms with Crippen molar-refractivity contribution < 1.29 is 129 Å². The Morgan fingerprint density at radius 1 is 0.593 bits per heavy atom. The van der Waals surface area contributed by atoms with E-state index in [9.17, 15) is 81.7 Å². The normalized spacial score (nSPS) is 54.8. The highest BCUT2D eigenvalue weighted by Gasteiger charge is 2.71. The lowest BCUT2D eigenvalue weighted by Gasteiger charge is -2.71. The molecule has 4 heterocycles. The summed E-state index contributed by atoms with van der Waals surface area (Å²) >= 11 is 0. The van der Waals surface area contributed by atoms with Crippen molar-refractivity contribution in [2.45, 2.75) is 266 Å². The van der Waals surface area contributed by atoms with Crippen molar-refractivity contribution in [2.75, 3.05) is 33.0 Å². The van der Waals surface area contributed by atoms with Crippen molar-refractivity contribution in [3.8, 4) is 0 Å². The van der Waals surface area contributed by atoms with Crippen LogP contribution >= 0.6 is 0 Å². The molecule has 0 aromatic rings. The smallest absolute Gasteiger partial charge is 0.313 e. The molecule has 5 saturated carbocycles. The lowest BCUT2D eigenvalue weighted by atomic mass is 9.33. The number of ether oxygens (including phenoxy) is 9. The SMILES string of the molecule is CC1OC(OC2C(OC3CCC4(C)C(CCC5(C)C4CC=C4C6CC(C)(C)CCC6(C(=O)OC6CC(COC7OC(CO)C(O)C(O)C7O)C(O)C(O)C6O)CCC45C)C3(C)CO)OCC(O)C2O)C(OC2OC(CO)C(O)C(O)C2O)C(O)C1O. The van der Waals surface area contributed by atoms with Crippen LogP contribution in [0.4, 0.5) is 0 Å². The number of allylic oxidation sites excluding steroid dienone is 2. The molecule has 9 fully saturated rings. The second-order valence-corrected chi connectivity index (χ2v) is 29.0. The van der Waals surface area contributed by atoms with Crippen molar-refractivity contribution in [3.63, 3.8) is 0 Å². The minimum atomic E-state index is -1.90. The van der Waals surface area contributed by atoms with E-state index in [-0.39, 0.29) is 60.2 Å². The number of hydrogen-bond donors (Lipinski definition) is 16. The van der Waals surface area contributed by atoms with Crippen LogP contribution in [0.3, 0.4) is 0 Å². The molecule has 6 aliphatic carbocycles. The Balaban J connectivity index is 0.862. The second kappa shape index (κ2) is 24.9. The molecule has 0 radical (unpaired) electrons. The summed E-state index contributed by atoms with van der Waals surface area (Å²) in [6, 6.07) is 0. The van der Waals surface area contributed by atoms with E-state index in [0.717, 1.165) is 12.8 Å². The average Bonchev–Trinajstić information content (AvgIpc) is 0.684. The first-order chi connectivity index (χ1) is 40.4. The van der Waals surface area contributed by atoms with Crippen molar-refractivity contribution in [2.24, 2.45) is 56.2 Å². The molecule has 10 aliphatic rings. The highest BCUT2D eigenvalue weighted by Crippen LogP contribution is 2.76. The van der Waals surface area contributed by atoms with Crippen molar-refractivity contribution in [1.29, 1.82) is 0 Å². The number of aliphatic hydroxyl groups excluding tert-OH is 16. The number of esters is 1. The Morgan fingerprint density at radius 3 is 1.85 bits per heavy atom. The van der Waals surface area contributed by atoms with E-state index in [1.807, 2.05) is 6.92 Å². The van der Waals surface area contributed by atoms with Gasteiger partial charge in [-0.3, -0.25) is 4.79 Å². The van der Waals surface area contributed by atoms with Gasteiger partial charge in [0.05, 0.1) is 56.8 Å². The van der Waals surface area contributed by atoms with Gasteiger partial charge in [0, 0.05) is 11.3 Å². The van der Waals surface area contributed by atoms with E-state index in [2.05, 4.69) is 40.7 Å². The summed E-state index contributed by atoms with van der Waals surface area (Å²) in [5.74, 6) is -1.67. The molecule has 16 N–H and O–H groups in total. The summed E-state index contributed by atoms with van der Waals surface area (Å²) in [7, 11) is 0. The molecule has 26 heteroatoms. The molecular weight excluding hydrogens is 1140 g/mol. The number of aliphatic hydroxyl groups is 16. The fourth-order valence-corrected chi connectivity index (χ4v) is 18.0. The lowest BCUT2D eigenvalue weighted by Crippen LogP contribution is -2.67. The maximum absolute atomic E-state index is 15.2. The third-order valence-corrected chi connectivity index (χ3v) is 23.8. The molecule has 4 aliphatic heterocycles. The maximum atomic E-state index is 15.2. The Bertz CT molecular complexity index is 2380. The molecule has 26 nitrogen and oxygen atoms in total. The molecule has 86 heavy (non-hydrogen) atoms. The van der Waals surface area contributed by atoms with E-state index >= 15 is 4.79 Å². The molecular formula is C60H98O26. The van der Waals surface area contributed by atoms with Crippen molar-refractivity contribution in [1.82, 2.24) is 0 Å². The Hall–Kier alpha value is -1.75. The highest BCUT2D eigenvalue weighted by atomic mass is 16.8. The minimum Gasteiger partial charge on any atom is -0.459 e. The highest BCUT2D eigenvalue weighted by molar-refractivity contribution is 5.79. The zero-order valence-electron chi connectivity index (χ0n) is 50.3. The number of fused-ring (bicyclic) bond motifs is 7. The van der Waals surface area contributed by atoms with Crippen LogP contribution in [0, 0.1) is 56.2 Å². The molecule has 33 unspecified atom stereocenters. The fourth-order valence-electron chi connectivity index (χ4n) is 18.0. The van der Waals surface area contributed by atoms with Gasteiger partial charge in [-0.1, -0.05) is 53.2 Å². The van der Waals surface area contributed by atoms with E-state index in [1.165, 1.54) is 12.5 Å². The zero-order valence-corrected chi connectivity index (χ0v) is 50.3. The molecule has 0 spiro atoms. The molecule has 4 saturated heterocycles. The van der Waals surface area contributed by atoms with E-state index in [0.29, 0.717) is 51.4 Å². The van der Waals surface area contributed by atoms with Crippen LogP contribution in [0.25, 0.3) is 0 Å². The Labute approximate surface area is 500 Å². The van der Waals surface area contributed by atoms with Gasteiger partial charge >= 0.3 is 5.97 Å². The molecule has 0 amide bonds. The number of carbonyl (C=O) groups is 1. The maximum Gasteiger partial charge on any atom is 0.313 e. The van der Waals surface area contributed by atoms with E-state index < -0.39 is 189 Å². The monoisotopic (exact) mass is 1230 g/mol. The van der Waals surface area contributed by atoms with Crippen LogP contribution < -0.4 is 0 Å². The summed E-state index contributed by atoms with van der Waals surface area (Å²) in [6.07, 6.45) is -28.6. The van der Waals surface area contributed by atoms with E-state index in [1.54, 1.807) is 0 Å². The number of carbonyl (C=O) groups excluding carboxylic acids is 1. The van der Waals surface area contributed by atoms with Gasteiger partial charge < -0.3 is 124 Å². The average molecular weight is 1240 g/mol. The molecule has 0 aromatic carbocycles. The molecule has 33 atom stereocenters. The summed E-state index contributed by atoms with van der Waals surface area (Å²) in [4.78, 5) is 15.2. The van der Waals surface area contributed by atoms with Crippen LogP contribution in [0.1, 0.15) is 119 Å². The predicted molar refractivity (Wildman–Crippen MR) is 293 cm³/mol. The van der Waals surface area contributed by atoms with Gasteiger partial charge in [-0.2, -0.15) is 0 Å². The van der Waals surface area contributed by atoms with Crippen LogP contribution in [0.15, 0.2) is 11.6 Å². The van der Waals surface area contributed by atoms with Crippen LogP contribution in [-0.4, -0.2) is 268 Å². The van der Waals surface area contributed by atoms with Crippen LogP contribution in [0.5, 0.6) is 0 Å². The molecule has 0 aromatic heterocycles. The summed E-state index contributed by atoms with van der Waals surface area (Å²) < 4.78 is 54.4. The van der Waals surface area contributed by atoms with E-state index in [4.69, 9.17) is 42.6 Å². The second-order valence-electron chi connectivity index (χ2n) is 29.0. The van der Waals surface area contributed by atoms with Crippen LogP contribution in [0.2, 0.25) is 0 Å². The van der Waals surface area contributed by atoms with Gasteiger partial charge in [0.25, 0.3) is 0 Å². The van der Waals surface area contributed by atoms with Gasteiger partial charge in [0.2, 0.25) is 0 Å². The third-order valence-electron chi connectivity index (χ3n) is 23.8. The number of rotatable bonds is 14. The van der Waals surface area contributed by atoms with Gasteiger partial charge in [-0.15, -0.1) is 0 Å². The van der Waals surface area contributed by atoms with Crippen molar-refractivity contribution in [3.05, 3.63) is 11.6 Å². The first-order valence-corrected chi connectivity index (χ1v) is 31.1. The number of hydrogen-bond acceptors (Lipinski definition) is 26. The Morgan fingerprint density at radius 2 is 1.20 bits per heavy atom. The largest absolute Gasteiger partial charge is 0.459 e. The summed E-state index contributed by atoms with van der Waals surface area (Å²) in [6.45, 7) is 12.4. The third kappa shape index (κ3) is 11.2. The predicted octanol–water partition coefficient (Wildman–Crippen LogP) is -2.91. The van der Waals surface area contributed by atoms with Crippen molar-refractivity contribution >= 4 is 5.97 Å². The van der Waals surface area contributed by atoms with Gasteiger partial charge in [-0.25, -0.2) is 0 Å². The van der Waals surface area contributed by atoms with Gasteiger partial charge in [-0.05, 0) is 117 Å². The molecule has 494 valence electrons. The topological polar surface area (TPSA) is 424 Å². The van der Waals surface area contributed by atoms with Gasteiger partial charge in [0.1, 0.15) is 104 Å². The standard InChI is InChI=1S/C60H98O26/c1-25-36(65)45(74)49(85-51-47(76)44(73)41(70)32(21-62)82-51)53(80-25)86-48-38(67)29(64)23-79-52(48)84-35-11-12-56(4)33(57(35,5)24-63)10-13-59(7)34(56)9-8-27-28-19-55(2,3)14-16-60(28,17-15-58(27,59)6)54(77)83-30-18-26(37(66)42(71)39(30)68)22-78-50-46(75)43(72)40(69)31(20-61)81-50/h8,25-26,28-53,61-76H,9-24H2,1-7H3. The zero-order chi connectivity index (χ0) is 62.7. The van der Waals surface area contributed by atoms with Gasteiger partial charge in [0.15, 0.2) is 25.2 Å². The minimum absolute atomic E-state index is 0.102. The summed E-state index contributed by atoms with van der Waals surface area (Å²) in [5.41, 5.74) is -1.88. The van der Waals surface area contributed by atoms with Crippen LogP contribution in [-0.2, 0) is 47.4 Å². The molecule has 10 rings (SSSR count). The summed E-state index contributed by atoms with van der Waals surface area (Å²) in [5, 5.41) is 173.